The maximum absolute atomic E-state index is 13.0. The van der Waals surface area contributed by atoms with Crippen LogP contribution in [0.25, 0.3) is 11.3 Å². The molecule has 1 unspecified atom stereocenters. The van der Waals surface area contributed by atoms with Crippen molar-refractivity contribution in [1.82, 2.24) is 20.3 Å². The summed E-state index contributed by atoms with van der Waals surface area (Å²) < 4.78 is 12.1. The van der Waals surface area contributed by atoms with Crippen molar-refractivity contribution in [3.8, 4) is 11.3 Å². The Kier molecular flexibility index (Phi) is 4.80. The predicted molar refractivity (Wildman–Crippen MR) is 94.0 cm³/mol. The molecule has 0 aliphatic carbocycles. The third kappa shape index (κ3) is 2.88. The van der Waals surface area contributed by atoms with Crippen LogP contribution in [0.5, 0.6) is 0 Å². The SMILES string of the molecule is CCC1(CC)CN(C(=O)c2n[nH]nc2-c2ccccc2)CCS1=O. The maximum atomic E-state index is 13.0. The van der Waals surface area contributed by atoms with Crippen LogP contribution in [0.1, 0.15) is 37.2 Å². The highest BCUT2D eigenvalue weighted by Crippen LogP contribution is 2.30. The molecule has 24 heavy (non-hydrogen) atoms. The Bertz CT molecular complexity index is 740. The van der Waals surface area contributed by atoms with Crippen LogP contribution in [-0.2, 0) is 10.8 Å². The number of rotatable bonds is 4. The Morgan fingerprint density at radius 1 is 1.25 bits per heavy atom. The van der Waals surface area contributed by atoms with Gasteiger partial charge in [-0.2, -0.15) is 15.4 Å². The molecule has 1 saturated heterocycles. The zero-order valence-corrected chi connectivity index (χ0v) is 14.8. The van der Waals surface area contributed by atoms with Crippen molar-refractivity contribution < 1.29 is 9.00 Å². The minimum atomic E-state index is -0.900. The van der Waals surface area contributed by atoms with E-state index in [0.29, 0.717) is 30.2 Å². The van der Waals surface area contributed by atoms with Gasteiger partial charge in [0.25, 0.3) is 5.91 Å². The van der Waals surface area contributed by atoms with Crippen LogP contribution in [0, 0.1) is 0 Å². The molecule has 1 N–H and O–H groups in total. The number of hydrogen-bond acceptors (Lipinski definition) is 4. The van der Waals surface area contributed by atoms with E-state index in [1.807, 2.05) is 44.2 Å². The van der Waals surface area contributed by atoms with E-state index < -0.39 is 10.8 Å². The van der Waals surface area contributed by atoms with Crippen molar-refractivity contribution in [1.29, 1.82) is 0 Å². The van der Waals surface area contributed by atoms with E-state index in [1.165, 1.54) is 0 Å². The molecule has 128 valence electrons. The minimum absolute atomic E-state index is 0.148. The third-order valence-corrected chi connectivity index (χ3v) is 7.11. The summed E-state index contributed by atoms with van der Waals surface area (Å²) in [5.74, 6) is 0.372. The second-order valence-corrected chi connectivity index (χ2v) is 8.02. The Hall–Kier alpha value is -2.02. The summed E-state index contributed by atoms with van der Waals surface area (Å²) in [7, 11) is -0.900. The standard InChI is InChI=1S/C17H22N4O2S/c1-3-17(4-2)12-21(10-11-24(17)23)16(22)15-14(18-20-19-15)13-8-6-5-7-9-13/h5-9H,3-4,10-12H2,1-2H3,(H,18,19,20). The molecule has 1 aromatic heterocycles. The first-order valence-electron chi connectivity index (χ1n) is 8.25. The van der Waals surface area contributed by atoms with Gasteiger partial charge >= 0.3 is 0 Å². The molecule has 2 heterocycles. The van der Waals surface area contributed by atoms with Gasteiger partial charge in [0.2, 0.25) is 0 Å². The maximum Gasteiger partial charge on any atom is 0.276 e. The van der Waals surface area contributed by atoms with Crippen LogP contribution in [0.15, 0.2) is 30.3 Å². The number of aromatic amines is 1. The van der Waals surface area contributed by atoms with E-state index in [1.54, 1.807) is 4.90 Å². The van der Waals surface area contributed by atoms with Crippen LogP contribution >= 0.6 is 0 Å². The van der Waals surface area contributed by atoms with Crippen molar-refractivity contribution >= 4 is 16.7 Å². The monoisotopic (exact) mass is 346 g/mol. The summed E-state index contributed by atoms with van der Waals surface area (Å²) in [5.41, 5.74) is 1.74. The normalized spacial score (nSPS) is 20.1. The Labute approximate surface area is 144 Å². The molecule has 6 nitrogen and oxygen atoms in total. The van der Waals surface area contributed by atoms with Crippen LogP contribution < -0.4 is 0 Å². The van der Waals surface area contributed by atoms with Gasteiger partial charge in [0.15, 0.2) is 5.69 Å². The van der Waals surface area contributed by atoms with Gasteiger partial charge in [0.1, 0.15) is 5.69 Å². The summed E-state index contributed by atoms with van der Waals surface area (Å²) in [4.78, 5) is 14.8. The lowest BCUT2D eigenvalue weighted by Gasteiger charge is -2.40. The molecule has 1 amide bonds. The molecule has 1 atom stereocenters. The van der Waals surface area contributed by atoms with Gasteiger partial charge < -0.3 is 4.90 Å². The lowest BCUT2D eigenvalue weighted by atomic mass is 10.0. The highest BCUT2D eigenvalue weighted by Gasteiger charge is 2.41. The van der Waals surface area contributed by atoms with Gasteiger partial charge in [-0.3, -0.25) is 9.00 Å². The Morgan fingerprint density at radius 3 is 2.62 bits per heavy atom. The van der Waals surface area contributed by atoms with Gasteiger partial charge in [-0.1, -0.05) is 44.2 Å². The molecule has 7 heteroatoms. The van der Waals surface area contributed by atoms with Crippen molar-refractivity contribution in [3.63, 3.8) is 0 Å². The molecule has 1 aliphatic rings. The molecule has 0 radical (unpaired) electrons. The van der Waals surface area contributed by atoms with Gasteiger partial charge in [0.05, 0.1) is 4.75 Å². The summed E-state index contributed by atoms with van der Waals surface area (Å²) in [5, 5.41) is 10.8. The predicted octanol–water partition coefficient (Wildman–Crippen LogP) is 2.24. The number of benzene rings is 1. The quantitative estimate of drug-likeness (QED) is 0.921. The second kappa shape index (κ2) is 6.84. The largest absolute Gasteiger partial charge is 0.335 e. The van der Waals surface area contributed by atoms with Crippen molar-refractivity contribution in [3.05, 3.63) is 36.0 Å². The number of nitrogens with one attached hydrogen (secondary N) is 1. The number of aromatic nitrogens is 3. The molecule has 2 aromatic rings. The molecule has 3 rings (SSSR count). The number of nitrogens with zero attached hydrogens (tertiary/aromatic N) is 3. The third-order valence-electron chi connectivity index (χ3n) is 4.88. The molecule has 0 spiro atoms. The van der Waals surface area contributed by atoms with Gasteiger partial charge in [-0.05, 0) is 12.8 Å². The van der Waals surface area contributed by atoms with Crippen LogP contribution in [0.2, 0.25) is 0 Å². The first-order valence-corrected chi connectivity index (χ1v) is 9.57. The van der Waals surface area contributed by atoms with Crippen LogP contribution in [-0.4, -0.2) is 54.0 Å². The minimum Gasteiger partial charge on any atom is -0.335 e. The number of carbonyl (C=O) groups is 1. The molecule has 1 fully saturated rings. The molecule has 0 saturated carbocycles. The number of H-pyrrole nitrogens is 1. The summed E-state index contributed by atoms with van der Waals surface area (Å²) in [6, 6.07) is 9.54. The average molecular weight is 346 g/mol. The number of carbonyl (C=O) groups excluding carboxylic acids is 1. The summed E-state index contributed by atoms with van der Waals surface area (Å²) in [6.45, 7) is 5.09. The fraction of sp³-hybridized carbons (Fsp3) is 0.471. The van der Waals surface area contributed by atoms with Gasteiger partial charge in [0, 0.05) is 35.2 Å². The molecule has 1 aliphatic heterocycles. The van der Waals surface area contributed by atoms with E-state index in [9.17, 15) is 9.00 Å². The first kappa shape index (κ1) is 16.8. The van der Waals surface area contributed by atoms with Crippen molar-refractivity contribution in [2.45, 2.75) is 31.4 Å². The molecule has 1 aromatic carbocycles. The lowest BCUT2D eigenvalue weighted by Crippen LogP contribution is -2.54. The molecular weight excluding hydrogens is 324 g/mol. The average Bonchev–Trinajstić information content (AvgIpc) is 3.12. The van der Waals surface area contributed by atoms with Crippen molar-refractivity contribution in [2.24, 2.45) is 0 Å². The number of amides is 1. The van der Waals surface area contributed by atoms with E-state index in [2.05, 4.69) is 15.4 Å². The fourth-order valence-corrected chi connectivity index (χ4v) is 4.97. The zero-order valence-electron chi connectivity index (χ0n) is 14.0. The highest BCUT2D eigenvalue weighted by atomic mass is 32.2. The highest BCUT2D eigenvalue weighted by molar-refractivity contribution is 7.86. The molecular formula is C17H22N4O2S. The Balaban J connectivity index is 1.88. The van der Waals surface area contributed by atoms with E-state index >= 15 is 0 Å². The Morgan fingerprint density at radius 2 is 1.96 bits per heavy atom. The van der Waals surface area contributed by atoms with Gasteiger partial charge in [-0.15, -0.1) is 0 Å². The van der Waals surface area contributed by atoms with Crippen molar-refractivity contribution in [2.75, 3.05) is 18.8 Å². The number of hydrogen-bond donors (Lipinski definition) is 1. The van der Waals surface area contributed by atoms with E-state index in [4.69, 9.17) is 0 Å². The topological polar surface area (TPSA) is 79.0 Å². The van der Waals surface area contributed by atoms with Crippen LogP contribution in [0.4, 0.5) is 0 Å². The van der Waals surface area contributed by atoms with Crippen LogP contribution in [0.3, 0.4) is 0 Å². The lowest BCUT2D eigenvalue weighted by molar-refractivity contribution is 0.0731. The van der Waals surface area contributed by atoms with Gasteiger partial charge in [-0.25, -0.2) is 0 Å². The fourth-order valence-electron chi connectivity index (χ4n) is 3.20. The molecule has 0 bridgehead atoms. The van der Waals surface area contributed by atoms with E-state index in [0.717, 1.165) is 18.4 Å². The van der Waals surface area contributed by atoms with E-state index in [-0.39, 0.29) is 10.7 Å². The second-order valence-electron chi connectivity index (χ2n) is 6.05. The first-order chi connectivity index (χ1) is 11.6. The smallest absolute Gasteiger partial charge is 0.276 e. The zero-order chi connectivity index (χ0) is 17.2. The summed E-state index contributed by atoms with van der Waals surface area (Å²) >= 11 is 0. The summed E-state index contributed by atoms with van der Waals surface area (Å²) in [6.07, 6.45) is 1.59.